The Balaban J connectivity index is 1.91. The molecule has 2 heterocycles. The molecule has 3 aromatic rings. The number of halogens is 1. The predicted molar refractivity (Wildman–Crippen MR) is 101 cm³/mol. The van der Waals surface area contributed by atoms with Crippen LogP contribution in [0, 0.1) is 6.92 Å². The van der Waals surface area contributed by atoms with Gasteiger partial charge in [-0.3, -0.25) is 0 Å². The third-order valence-electron chi connectivity index (χ3n) is 4.62. The van der Waals surface area contributed by atoms with Gasteiger partial charge in [0.25, 0.3) is 0 Å². The first-order valence-corrected chi connectivity index (χ1v) is 8.68. The van der Waals surface area contributed by atoms with Gasteiger partial charge in [-0.05, 0) is 49.2 Å². The monoisotopic (exact) mass is 354 g/mol. The van der Waals surface area contributed by atoms with E-state index in [1.165, 1.54) is 6.33 Å². The van der Waals surface area contributed by atoms with Gasteiger partial charge >= 0.3 is 0 Å². The van der Waals surface area contributed by atoms with Crippen LogP contribution < -0.4 is 15.8 Å². The summed E-state index contributed by atoms with van der Waals surface area (Å²) in [5, 5.41) is 4.83. The van der Waals surface area contributed by atoms with Gasteiger partial charge in [0.1, 0.15) is 24.0 Å². The first-order chi connectivity index (χ1) is 12.1. The Labute approximate surface area is 151 Å². The van der Waals surface area contributed by atoms with Gasteiger partial charge in [-0.15, -0.1) is 0 Å². The zero-order valence-corrected chi connectivity index (χ0v) is 14.7. The maximum absolute atomic E-state index is 6.33. The van der Waals surface area contributed by atoms with Crippen LogP contribution in [0.3, 0.4) is 0 Å². The topological polar surface area (TPSA) is 73.1 Å². The maximum atomic E-state index is 6.33. The molecule has 1 aromatic heterocycles. The number of benzene rings is 2. The van der Waals surface area contributed by atoms with Crippen molar-refractivity contribution in [2.75, 3.05) is 18.8 Å². The van der Waals surface area contributed by atoms with Crippen molar-refractivity contribution in [3.8, 4) is 16.9 Å². The molecular formula is C19H19ClN4O. The number of nitrogens with two attached hydrogens (primary N) is 1. The molecule has 1 aliphatic heterocycles. The number of ether oxygens (including phenoxy) is 1. The lowest BCUT2D eigenvalue weighted by molar-refractivity contribution is 0.223. The van der Waals surface area contributed by atoms with E-state index >= 15 is 0 Å². The van der Waals surface area contributed by atoms with E-state index in [1.54, 1.807) is 0 Å². The lowest BCUT2D eigenvalue weighted by Crippen LogP contribution is -2.19. The number of anilines is 1. The second kappa shape index (κ2) is 6.50. The fraction of sp³-hybridized carbons (Fsp3) is 0.263. The summed E-state index contributed by atoms with van der Waals surface area (Å²) >= 11 is 6.33. The minimum absolute atomic E-state index is 0.164. The van der Waals surface area contributed by atoms with Crippen molar-refractivity contribution >= 4 is 28.3 Å². The van der Waals surface area contributed by atoms with Crippen molar-refractivity contribution in [1.29, 1.82) is 0 Å². The first kappa shape index (κ1) is 16.1. The fourth-order valence-corrected chi connectivity index (χ4v) is 3.43. The summed E-state index contributed by atoms with van der Waals surface area (Å²) in [6.45, 7) is 3.83. The summed E-state index contributed by atoms with van der Waals surface area (Å²) in [6.07, 6.45) is 2.64. The molecule has 0 saturated carbocycles. The molecule has 25 heavy (non-hydrogen) atoms. The van der Waals surface area contributed by atoms with Crippen LogP contribution in [0.1, 0.15) is 12.0 Å². The number of hydrogen-bond donors (Lipinski definition) is 2. The highest BCUT2D eigenvalue weighted by molar-refractivity contribution is 6.31. The van der Waals surface area contributed by atoms with Crippen molar-refractivity contribution in [1.82, 2.24) is 15.3 Å². The van der Waals surface area contributed by atoms with Crippen LogP contribution in [0.4, 0.5) is 5.82 Å². The molecule has 1 atom stereocenters. The molecule has 6 heteroatoms. The lowest BCUT2D eigenvalue weighted by atomic mass is 9.97. The van der Waals surface area contributed by atoms with Crippen LogP contribution in [0.15, 0.2) is 36.7 Å². The molecule has 1 saturated heterocycles. The Bertz CT molecular complexity index is 938. The Hall–Kier alpha value is -2.37. The molecule has 0 spiro atoms. The molecule has 0 unspecified atom stereocenters. The number of fused-ring (bicyclic) bond motifs is 1. The summed E-state index contributed by atoms with van der Waals surface area (Å²) in [5.41, 5.74) is 9.88. The molecular weight excluding hydrogens is 336 g/mol. The molecule has 2 aromatic carbocycles. The zero-order valence-electron chi connectivity index (χ0n) is 13.9. The summed E-state index contributed by atoms with van der Waals surface area (Å²) in [5.74, 6) is 1.22. The average Bonchev–Trinajstić information content (AvgIpc) is 3.11. The predicted octanol–water partition coefficient (Wildman–Crippen LogP) is 3.58. The van der Waals surface area contributed by atoms with E-state index in [1.807, 2.05) is 37.3 Å². The van der Waals surface area contributed by atoms with Gasteiger partial charge in [0.2, 0.25) is 0 Å². The van der Waals surface area contributed by atoms with Crippen LogP contribution in [0.25, 0.3) is 22.0 Å². The van der Waals surface area contributed by atoms with Crippen molar-refractivity contribution < 1.29 is 4.74 Å². The second-order valence-corrected chi connectivity index (χ2v) is 6.68. The number of hydrogen-bond acceptors (Lipinski definition) is 5. The van der Waals surface area contributed by atoms with Crippen LogP contribution in [0.2, 0.25) is 5.02 Å². The Morgan fingerprint density at radius 1 is 1.24 bits per heavy atom. The molecule has 0 aliphatic carbocycles. The second-order valence-electron chi connectivity index (χ2n) is 6.27. The van der Waals surface area contributed by atoms with Gasteiger partial charge in [-0.2, -0.15) is 0 Å². The SMILES string of the molecule is Cc1c(Cl)cccc1-c1cc(O[C@@H]2CCNC2)cc2c(N)ncnc12. The van der Waals surface area contributed by atoms with E-state index in [0.29, 0.717) is 5.82 Å². The van der Waals surface area contributed by atoms with Crippen molar-refractivity contribution in [3.05, 3.63) is 47.2 Å². The van der Waals surface area contributed by atoms with Crippen LogP contribution in [-0.4, -0.2) is 29.2 Å². The van der Waals surface area contributed by atoms with Gasteiger partial charge in [0.15, 0.2) is 0 Å². The number of nitrogen functional groups attached to an aromatic ring is 1. The van der Waals surface area contributed by atoms with E-state index in [2.05, 4.69) is 15.3 Å². The molecule has 3 N–H and O–H groups in total. The average molecular weight is 355 g/mol. The Morgan fingerprint density at radius 3 is 2.92 bits per heavy atom. The van der Waals surface area contributed by atoms with Crippen molar-refractivity contribution in [2.45, 2.75) is 19.4 Å². The van der Waals surface area contributed by atoms with Crippen molar-refractivity contribution in [2.24, 2.45) is 0 Å². The minimum atomic E-state index is 0.164. The molecule has 0 bridgehead atoms. The van der Waals surface area contributed by atoms with Gasteiger partial charge in [0, 0.05) is 22.5 Å². The summed E-state index contributed by atoms with van der Waals surface area (Å²) in [4.78, 5) is 8.59. The highest BCUT2D eigenvalue weighted by Crippen LogP contribution is 2.37. The normalized spacial score (nSPS) is 17.1. The van der Waals surface area contributed by atoms with Crippen LogP contribution >= 0.6 is 11.6 Å². The Kier molecular flexibility index (Phi) is 4.19. The molecule has 0 amide bonds. The fourth-order valence-electron chi connectivity index (χ4n) is 3.25. The molecule has 0 radical (unpaired) electrons. The minimum Gasteiger partial charge on any atom is -0.489 e. The van der Waals surface area contributed by atoms with E-state index in [4.69, 9.17) is 22.1 Å². The summed E-state index contributed by atoms with van der Waals surface area (Å²) in [6, 6.07) is 9.80. The number of nitrogens with zero attached hydrogens (tertiary/aromatic N) is 2. The lowest BCUT2D eigenvalue weighted by Gasteiger charge is -2.16. The van der Waals surface area contributed by atoms with Crippen LogP contribution in [0.5, 0.6) is 5.75 Å². The highest BCUT2D eigenvalue weighted by atomic mass is 35.5. The maximum Gasteiger partial charge on any atom is 0.134 e. The molecule has 4 rings (SSSR count). The van der Waals surface area contributed by atoms with Crippen LogP contribution in [-0.2, 0) is 0 Å². The standard InChI is InChI=1S/C19H19ClN4O/c1-11-14(3-2-4-17(11)20)15-7-13(25-12-5-6-22-9-12)8-16-18(15)23-10-24-19(16)21/h2-4,7-8,10,12,22H,5-6,9H2,1H3,(H2,21,23,24)/t12-/m1/s1. The molecule has 128 valence electrons. The zero-order chi connectivity index (χ0) is 17.4. The van der Waals surface area contributed by atoms with E-state index in [9.17, 15) is 0 Å². The third-order valence-corrected chi connectivity index (χ3v) is 5.03. The van der Waals surface area contributed by atoms with Gasteiger partial charge < -0.3 is 15.8 Å². The number of nitrogens with one attached hydrogen (secondary N) is 1. The summed E-state index contributed by atoms with van der Waals surface area (Å²) in [7, 11) is 0. The van der Waals surface area contributed by atoms with Gasteiger partial charge in [-0.25, -0.2) is 9.97 Å². The smallest absolute Gasteiger partial charge is 0.134 e. The number of aromatic nitrogens is 2. The summed E-state index contributed by atoms with van der Waals surface area (Å²) < 4.78 is 6.16. The van der Waals surface area contributed by atoms with Gasteiger partial charge in [-0.1, -0.05) is 23.7 Å². The third kappa shape index (κ3) is 3.01. The van der Waals surface area contributed by atoms with E-state index < -0.39 is 0 Å². The molecule has 1 aliphatic rings. The molecule has 1 fully saturated rings. The van der Waals surface area contributed by atoms with E-state index in [0.717, 1.165) is 57.9 Å². The highest BCUT2D eigenvalue weighted by Gasteiger charge is 2.19. The largest absolute Gasteiger partial charge is 0.489 e. The molecule has 5 nitrogen and oxygen atoms in total. The Morgan fingerprint density at radius 2 is 2.12 bits per heavy atom. The number of rotatable bonds is 3. The quantitative estimate of drug-likeness (QED) is 0.752. The van der Waals surface area contributed by atoms with Gasteiger partial charge in [0.05, 0.1) is 5.52 Å². The van der Waals surface area contributed by atoms with Crippen molar-refractivity contribution in [3.63, 3.8) is 0 Å². The van der Waals surface area contributed by atoms with E-state index in [-0.39, 0.29) is 6.10 Å². The first-order valence-electron chi connectivity index (χ1n) is 8.30.